The largest absolute Gasteiger partial charge is 0.497 e. The maximum absolute atomic E-state index is 5.43. The van der Waals surface area contributed by atoms with E-state index in [4.69, 9.17) is 14.0 Å². The molecule has 6 heteroatoms. The van der Waals surface area contributed by atoms with Crippen molar-refractivity contribution in [3.8, 4) is 22.9 Å². The van der Waals surface area contributed by atoms with Crippen molar-refractivity contribution in [1.82, 2.24) is 10.1 Å². The van der Waals surface area contributed by atoms with Crippen LogP contribution in [0.15, 0.2) is 53.1 Å². The number of anilines is 1. The van der Waals surface area contributed by atoms with Crippen LogP contribution in [-0.4, -0.2) is 31.4 Å². The zero-order valence-corrected chi connectivity index (χ0v) is 13.9. The second kappa shape index (κ2) is 7.04. The number of rotatable bonds is 6. The van der Waals surface area contributed by atoms with Gasteiger partial charge in [-0.05, 0) is 12.1 Å². The first-order valence-corrected chi connectivity index (χ1v) is 7.52. The van der Waals surface area contributed by atoms with Gasteiger partial charge < -0.3 is 18.9 Å². The molecule has 6 nitrogen and oxygen atoms in total. The van der Waals surface area contributed by atoms with E-state index in [1.165, 1.54) is 0 Å². The molecule has 1 aromatic heterocycles. The number of hydrogen-bond donors (Lipinski definition) is 0. The Kier molecular flexibility index (Phi) is 4.65. The molecule has 0 atom stereocenters. The van der Waals surface area contributed by atoms with E-state index < -0.39 is 0 Å². The van der Waals surface area contributed by atoms with Crippen LogP contribution in [0.3, 0.4) is 0 Å². The van der Waals surface area contributed by atoms with Gasteiger partial charge in [0.15, 0.2) is 0 Å². The van der Waals surface area contributed by atoms with Crippen LogP contribution in [-0.2, 0) is 6.54 Å². The van der Waals surface area contributed by atoms with Crippen molar-refractivity contribution < 1.29 is 14.0 Å². The summed E-state index contributed by atoms with van der Waals surface area (Å²) >= 11 is 0. The minimum atomic E-state index is 0.451. The van der Waals surface area contributed by atoms with Gasteiger partial charge in [-0.3, -0.25) is 0 Å². The average Bonchev–Trinajstić information content (AvgIpc) is 3.13. The fraction of sp³-hybridized carbons (Fsp3) is 0.222. The third-order valence-corrected chi connectivity index (χ3v) is 3.68. The molecule has 0 bridgehead atoms. The third kappa shape index (κ3) is 3.32. The van der Waals surface area contributed by atoms with Crippen molar-refractivity contribution in [2.45, 2.75) is 6.54 Å². The lowest BCUT2D eigenvalue weighted by Crippen LogP contribution is -2.17. The molecule has 0 saturated carbocycles. The zero-order chi connectivity index (χ0) is 16.9. The van der Waals surface area contributed by atoms with Crippen molar-refractivity contribution in [2.75, 3.05) is 26.2 Å². The summed E-state index contributed by atoms with van der Waals surface area (Å²) in [6, 6.07) is 15.9. The topological polar surface area (TPSA) is 60.6 Å². The molecule has 2 aromatic carbocycles. The predicted molar refractivity (Wildman–Crippen MR) is 91.4 cm³/mol. The zero-order valence-electron chi connectivity index (χ0n) is 13.9. The Morgan fingerprint density at radius 2 is 1.83 bits per heavy atom. The molecule has 0 unspecified atom stereocenters. The molecule has 0 spiro atoms. The number of nitrogens with zero attached hydrogens (tertiary/aromatic N) is 3. The fourth-order valence-electron chi connectivity index (χ4n) is 2.38. The van der Waals surface area contributed by atoms with Crippen LogP contribution >= 0.6 is 0 Å². The Bertz CT molecular complexity index is 802. The lowest BCUT2D eigenvalue weighted by atomic mass is 10.2. The van der Waals surface area contributed by atoms with E-state index in [0.717, 1.165) is 22.6 Å². The SMILES string of the molecule is COc1ccc(CN(C)c2nc(-c3ccccc3)no2)c(OC)c1. The first-order valence-electron chi connectivity index (χ1n) is 7.52. The first kappa shape index (κ1) is 15.9. The number of aromatic nitrogens is 2. The van der Waals surface area contributed by atoms with E-state index in [2.05, 4.69) is 10.1 Å². The molecule has 3 aromatic rings. The highest BCUT2D eigenvalue weighted by Crippen LogP contribution is 2.27. The molecular weight excluding hydrogens is 306 g/mol. The van der Waals surface area contributed by atoms with Gasteiger partial charge in [-0.25, -0.2) is 0 Å². The molecule has 0 aliphatic heterocycles. The molecular formula is C18H19N3O3. The molecule has 124 valence electrons. The van der Waals surface area contributed by atoms with Crippen molar-refractivity contribution in [2.24, 2.45) is 0 Å². The van der Waals surface area contributed by atoms with Gasteiger partial charge in [-0.1, -0.05) is 35.5 Å². The van der Waals surface area contributed by atoms with Crippen LogP contribution in [0.25, 0.3) is 11.4 Å². The number of hydrogen-bond acceptors (Lipinski definition) is 6. The molecule has 0 aliphatic carbocycles. The molecule has 0 radical (unpaired) electrons. The summed E-state index contributed by atoms with van der Waals surface area (Å²) in [6.45, 7) is 0.573. The minimum absolute atomic E-state index is 0.451. The molecule has 0 amide bonds. The third-order valence-electron chi connectivity index (χ3n) is 3.68. The fourth-order valence-corrected chi connectivity index (χ4v) is 2.38. The summed E-state index contributed by atoms with van der Waals surface area (Å²) < 4.78 is 16.0. The molecule has 0 fully saturated rings. The second-order valence-corrected chi connectivity index (χ2v) is 5.30. The Labute approximate surface area is 140 Å². The molecule has 0 aliphatic rings. The summed E-state index contributed by atoms with van der Waals surface area (Å²) in [4.78, 5) is 6.33. The monoisotopic (exact) mass is 325 g/mol. The van der Waals surface area contributed by atoms with Crippen LogP contribution in [0, 0.1) is 0 Å². The van der Waals surface area contributed by atoms with Gasteiger partial charge in [0, 0.05) is 24.2 Å². The van der Waals surface area contributed by atoms with Gasteiger partial charge in [0.1, 0.15) is 11.5 Å². The summed E-state index contributed by atoms with van der Waals surface area (Å²) in [5.41, 5.74) is 1.92. The smallest absolute Gasteiger partial charge is 0.324 e. The van der Waals surface area contributed by atoms with E-state index in [-0.39, 0.29) is 0 Å². The molecule has 24 heavy (non-hydrogen) atoms. The summed E-state index contributed by atoms with van der Waals surface area (Å²) in [5, 5.41) is 4.04. The quantitative estimate of drug-likeness (QED) is 0.692. The Balaban J connectivity index is 1.78. The standard InChI is InChI=1S/C18H19N3O3/c1-21(12-14-9-10-15(22-2)11-16(14)23-3)18-19-17(20-24-18)13-7-5-4-6-8-13/h4-11H,12H2,1-3H3. The number of benzene rings is 2. The van der Waals surface area contributed by atoms with Crippen LogP contribution in [0.1, 0.15) is 5.56 Å². The highest BCUT2D eigenvalue weighted by molar-refractivity contribution is 5.55. The summed E-state index contributed by atoms with van der Waals surface area (Å²) in [6.07, 6.45) is 0. The maximum atomic E-state index is 5.43. The number of ether oxygens (including phenoxy) is 2. The lowest BCUT2D eigenvalue weighted by Gasteiger charge is -2.16. The van der Waals surface area contributed by atoms with E-state index >= 15 is 0 Å². The van der Waals surface area contributed by atoms with Crippen molar-refractivity contribution in [3.63, 3.8) is 0 Å². The van der Waals surface area contributed by atoms with Gasteiger partial charge in [0.2, 0.25) is 5.82 Å². The van der Waals surface area contributed by atoms with Crippen LogP contribution in [0.5, 0.6) is 11.5 Å². The minimum Gasteiger partial charge on any atom is -0.497 e. The first-order chi connectivity index (χ1) is 11.7. The highest BCUT2D eigenvalue weighted by Gasteiger charge is 2.15. The maximum Gasteiger partial charge on any atom is 0.324 e. The number of methoxy groups -OCH3 is 2. The van der Waals surface area contributed by atoms with E-state index in [0.29, 0.717) is 18.4 Å². The predicted octanol–water partition coefficient (Wildman–Crippen LogP) is 3.39. The Hall–Kier alpha value is -3.02. The van der Waals surface area contributed by atoms with Crippen molar-refractivity contribution in [3.05, 3.63) is 54.1 Å². The Morgan fingerprint density at radius 1 is 1.04 bits per heavy atom. The summed E-state index contributed by atoms with van der Waals surface area (Å²) in [5.74, 6) is 2.07. The molecule has 0 saturated heterocycles. The summed E-state index contributed by atoms with van der Waals surface area (Å²) in [7, 11) is 5.16. The Morgan fingerprint density at radius 3 is 2.54 bits per heavy atom. The van der Waals surface area contributed by atoms with Crippen LogP contribution in [0.2, 0.25) is 0 Å². The van der Waals surface area contributed by atoms with Gasteiger partial charge in [0.05, 0.1) is 20.8 Å². The van der Waals surface area contributed by atoms with Gasteiger partial charge >= 0.3 is 6.01 Å². The van der Waals surface area contributed by atoms with E-state index in [1.807, 2.05) is 60.5 Å². The van der Waals surface area contributed by atoms with Crippen molar-refractivity contribution >= 4 is 6.01 Å². The lowest BCUT2D eigenvalue weighted by molar-refractivity contribution is 0.389. The van der Waals surface area contributed by atoms with E-state index in [9.17, 15) is 0 Å². The normalized spacial score (nSPS) is 10.5. The molecule has 1 heterocycles. The van der Waals surface area contributed by atoms with Crippen molar-refractivity contribution in [1.29, 1.82) is 0 Å². The average molecular weight is 325 g/mol. The molecule has 0 N–H and O–H groups in total. The molecule has 3 rings (SSSR count). The van der Waals surface area contributed by atoms with Gasteiger partial charge in [0.25, 0.3) is 0 Å². The highest BCUT2D eigenvalue weighted by atomic mass is 16.5. The van der Waals surface area contributed by atoms with Gasteiger partial charge in [-0.15, -0.1) is 0 Å². The van der Waals surface area contributed by atoms with Crippen LogP contribution < -0.4 is 14.4 Å². The van der Waals surface area contributed by atoms with Gasteiger partial charge in [-0.2, -0.15) is 4.98 Å². The second-order valence-electron chi connectivity index (χ2n) is 5.30. The van der Waals surface area contributed by atoms with E-state index in [1.54, 1.807) is 14.2 Å². The van der Waals surface area contributed by atoms with Crippen LogP contribution in [0.4, 0.5) is 6.01 Å².